The highest BCUT2D eigenvalue weighted by molar-refractivity contribution is 5.13. The van der Waals surface area contributed by atoms with Gasteiger partial charge in [0.15, 0.2) is 6.10 Å². The minimum Gasteiger partial charge on any atom is -0.382 e. The molecule has 1 aliphatic rings. The molecule has 1 fully saturated rings. The fourth-order valence-corrected chi connectivity index (χ4v) is 2.51. The molecule has 1 aromatic heterocycles. The van der Waals surface area contributed by atoms with Gasteiger partial charge in [-0.15, -0.1) is 0 Å². The first kappa shape index (κ1) is 15.7. The molecule has 1 aliphatic heterocycles. The first-order chi connectivity index (χ1) is 9.79. The van der Waals surface area contributed by atoms with Crippen molar-refractivity contribution in [3.05, 3.63) is 22.4 Å². The summed E-state index contributed by atoms with van der Waals surface area (Å²) in [5, 5.41) is 23.5. The third-order valence-electron chi connectivity index (χ3n) is 3.54. The highest BCUT2D eigenvalue weighted by atomic mass is 19.4. The molecule has 118 valence electrons. The number of hydrogen-bond donors (Lipinski definition) is 1. The van der Waals surface area contributed by atoms with Crippen LogP contribution in [-0.2, 0) is 6.54 Å². The lowest BCUT2D eigenvalue weighted by Crippen LogP contribution is -2.47. The number of hydrogen-bond acceptors (Lipinski definition) is 5. The molecule has 0 bridgehead atoms. The number of halogens is 3. The van der Waals surface area contributed by atoms with E-state index < -0.39 is 23.2 Å². The molecule has 2 atom stereocenters. The molecule has 0 saturated carbocycles. The number of nitro groups is 1. The van der Waals surface area contributed by atoms with Crippen molar-refractivity contribution in [1.29, 1.82) is 0 Å². The van der Waals surface area contributed by atoms with Crippen molar-refractivity contribution < 1.29 is 23.2 Å². The van der Waals surface area contributed by atoms with Crippen LogP contribution in [0.2, 0.25) is 0 Å². The van der Waals surface area contributed by atoms with E-state index in [1.165, 1.54) is 16.9 Å². The number of rotatable bonds is 5. The van der Waals surface area contributed by atoms with Gasteiger partial charge in [0.25, 0.3) is 0 Å². The van der Waals surface area contributed by atoms with E-state index in [2.05, 4.69) is 5.10 Å². The van der Waals surface area contributed by atoms with Crippen LogP contribution in [0.25, 0.3) is 0 Å². The molecule has 0 amide bonds. The van der Waals surface area contributed by atoms with Gasteiger partial charge in [-0.2, -0.15) is 17.9 Å². The zero-order valence-corrected chi connectivity index (χ0v) is 11.0. The molecular formula is C11H15F3N4O3. The summed E-state index contributed by atoms with van der Waals surface area (Å²) in [6.07, 6.45) is -4.75. The zero-order valence-electron chi connectivity index (χ0n) is 11.0. The predicted octanol–water partition coefficient (Wildman–Crippen LogP) is 1.18. The minimum atomic E-state index is -4.64. The Morgan fingerprint density at radius 2 is 2.24 bits per heavy atom. The van der Waals surface area contributed by atoms with Gasteiger partial charge < -0.3 is 15.2 Å². The van der Waals surface area contributed by atoms with E-state index in [4.69, 9.17) is 0 Å². The average Bonchev–Trinajstić information content (AvgIpc) is 3.03. The summed E-state index contributed by atoms with van der Waals surface area (Å²) in [5.41, 5.74) is 0. The van der Waals surface area contributed by atoms with Crippen LogP contribution in [-0.4, -0.2) is 56.1 Å². The number of aliphatic hydroxyl groups is 1. The van der Waals surface area contributed by atoms with Crippen molar-refractivity contribution in [2.24, 2.45) is 0 Å². The van der Waals surface area contributed by atoms with Gasteiger partial charge in [0.1, 0.15) is 0 Å². The number of likely N-dealkylation sites (tertiary alicyclic amines) is 1. The molecule has 1 N–H and O–H groups in total. The average molecular weight is 308 g/mol. The lowest BCUT2D eigenvalue weighted by atomic mass is 10.1. The van der Waals surface area contributed by atoms with E-state index in [-0.39, 0.29) is 25.3 Å². The van der Waals surface area contributed by atoms with Gasteiger partial charge in [-0.1, -0.05) is 0 Å². The second kappa shape index (κ2) is 5.98. The van der Waals surface area contributed by atoms with Gasteiger partial charge in [0.2, 0.25) is 0 Å². The lowest BCUT2D eigenvalue weighted by Gasteiger charge is -2.29. The second-order valence-electron chi connectivity index (χ2n) is 4.93. The highest BCUT2D eigenvalue weighted by Gasteiger charge is 2.46. The van der Waals surface area contributed by atoms with Crippen LogP contribution in [0.1, 0.15) is 12.8 Å². The normalized spacial score (nSPS) is 21.6. The SMILES string of the molecule is O=[N+]([O-])c1ccn(CCN2CCC[C@@H]2[C@H](O)C(F)(F)F)n1. The van der Waals surface area contributed by atoms with Gasteiger partial charge in [-0.05, 0) is 24.3 Å². The van der Waals surface area contributed by atoms with Crippen LogP contribution >= 0.6 is 0 Å². The molecule has 0 unspecified atom stereocenters. The predicted molar refractivity (Wildman–Crippen MR) is 65.5 cm³/mol. The summed E-state index contributed by atoms with van der Waals surface area (Å²) in [4.78, 5) is 11.4. The van der Waals surface area contributed by atoms with Crippen molar-refractivity contribution in [2.75, 3.05) is 13.1 Å². The molecule has 21 heavy (non-hydrogen) atoms. The molecular weight excluding hydrogens is 293 g/mol. The van der Waals surface area contributed by atoms with E-state index in [0.717, 1.165) is 0 Å². The molecule has 2 heterocycles. The Labute approximate surface area is 118 Å². The Morgan fingerprint density at radius 1 is 1.52 bits per heavy atom. The van der Waals surface area contributed by atoms with Crippen molar-refractivity contribution in [1.82, 2.24) is 14.7 Å². The van der Waals surface area contributed by atoms with Crippen molar-refractivity contribution >= 4 is 5.82 Å². The van der Waals surface area contributed by atoms with Gasteiger partial charge in [-0.25, -0.2) is 0 Å². The molecule has 0 radical (unpaired) electrons. The van der Waals surface area contributed by atoms with Crippen LogP contribution in [0.4, 0.5) is 19.0 Å². The van der Waals surface area contributed by atoms with E-state index in [9.17, 15) is 28.4 Å². The van der Waals surface area contributed by atoms with Crippen LogP contribution < -0.4 is 0 Å². The highest BCUT2D eigenvalue weighted by Crippen LogP contribution is 2.30. The van der Waals surface area contributed by atoms with E-state index in [1.54, 1.807) is 4.90 Å². The molecule has 1 saturated heterocycles. The van der Waals surface area contributed by atoms with Crippen LogP contribution in [0.5, 0.6) is 0 Å². The Balaban J connectivity index is 1.93. The Bertz CT molecular complexity index is 505. The summed E-state index contributed by atoms with van der Waals surface area (Å²) < 4.78 is 39.0. The standard InChI is InChI=1S/C11H15F3N4O3/c12-11(13,14)10(19)8-2-1-4-16(8)6-7-17-5-3-9(15-17)18(20)21/h3,5,8,10,19H,1-2,4,6-7H2/t8-,10+/m1/s1. The Hall–Kier alpha value is -1.68. The van der Waals surface area contributed by atoms with Crippen molar-refractivity contribution in [3.63, 3.8) is 0 Å². The maximum Gasteiger partial charge on any atom is 0.415 e. The van der Waals surface area contributed by atoms with E-state index in [1.807, 2.05) is 0 Å². The molecule has 0 aromatic carbocycles. The van der Waals surface area contributed by atoms with Crippen molar-refractivity contribution in [3.8, 4) is 0 Å². The summed E-state index contributed by atoms with van der Waals surface area (Å²) >= 11 is 0. The third kappa shape index (κ3) is 3.70. The summed E-state index contributed by atoms with van der Waals surface area (Å²) in [5.74, 6) is -0.303. The van der Waals surface area contributed by atoms with Gasteiger partial charge >= 0.3 is 12.0 Å². The summed E-state index contributed by atoms with van der Waals surface area (Å²) in [6, 6.07) is 0.266. The van der Waals surface area contributed by atoms with Crippen LogP contribution in [0, 0.1) is 10.1 Å². The number of alkyl halides is 3. The first-order valence-corrected chi connectivity index (χ1v) is 6.45. The zero-order chi connectivity index (χ0) is 15.6. The van der Waals surface area contributed by atoms with Crippen LogP contribution in [0.3, 0.4) is 0 Å². The smallest absolute Gasteiger partial charge is 0.382 e. The number of nitrogens with zero attached hydrogens (tertiary/aromatic N) is 4. The third-order valence-corrected chi connectivity index (χ3v) is 3.54. The topological polar surface area (TPSA) is 84.4 Å². The molecule has 0 aliphatic carbocycles. The molecule has 7 nitrogen and oxygen atoms in total. The van der Waals surface area contributed by atoms with Gasteiger partial charge in [0.05, 0.1) is 23.9 Å². The second-order valence-corrected chi connectivity index (χ2v) is 4.93. The van der Waals surface area contributed by atoms with E-state index in [0.29, 0.717) is 13.0 Å². The molecule has 1 aromatic rings. The molecule has 2 rings (SSSR count). The maximum atomic E-state index is 12.6. The molecule has 0 spiro atoms. The lowest BCUT2D eigenvalue weighted by molar-refractivity contribution is -0.389. The quantitative estimate of drug-likeness (QED) is 0.652. The fourth-order valence-electron chi connectivity index (χ4n) is 2.51. The largest absolute Gasteiger partial charge is 0.415 e. The maximum absolute atomic E-state index is 12.6. The monoisotopic (exact) mass is 308 g/mol. The van der Waals surface area contributed by atoms with Gasteiger partial charge in [0, 0.05) is 12.6 Å². The summed E-state index contributed by atoms with van der Waals surface area (Å²) in [6.45, 7) is 0.937. The fraction of sp³-hybridized carbons (Fsp3) is 0.727. The minimum absolute atomic E-state index is 0.231. The van der Waals surface area contributed by atoms with E-state index >= 15 is 0 Å². The van der Waals surface area contributed by atoms with Crippen LogP contribution in [0.15, 0.2) is 12.3 Å². The number of aromatic nitrogens is 2. The first-order valence-electron chi connectivity index (χ1n) is 6.45. The number of aliphatic hydroxyl groups excluding tert-OH is 1. The van der Waals surface area contributed by atoms with Crippen molar-refractivity contribution in [2.45, 2.75) is 37.7 Å². The summed E-state index contributed by atoms with van der Waals surface area (Å²) in [7, 11) is 0. The Morgan fingerprint density at radius 3 is 2.81 bits per heavy atom. The Kier molecular flexibility index (Phi) is 4.47. The van der Waals surface area contributed by atoms with Gasteiger partial charge in [-0.3, -0.25) is 4.90 Å². The molecule has 10 heteroatoms.